The lowest BCUT2D eigenvalue weighted by atomic mass is 10.2. The Hall–Kier alpha value is -5.15. The average Bonchev–Trinajstić information content (AvgIpc) is 2.92. The van der Waals surface area contributed by atoms with Gasteiger partial charge < -0.3 is 20.1 Å². The lowest BCUT2D eigenvalue weighted by Crippen LogP contribution is -2.54. The van der Waals surface area contributed by atoms with Gasteiger partial charge in [0.15, 0.2) is 27.1 Å². The number of hydrogen-bond acceptors (Lipinski definition) is 9. The molecular weight excluding hydrogens is 583 g/mol. The fourth-order valence-corrected chi connectivity index (χ4v) is 4.75. The largest absolute Gasteiger partial charge is 0.454 e. The van der Waals surface area contributed by atoms with Crippen molar-refractivity contribution in [1.82, 2.24) is 19.7 Å². The number of β-amino-alcohol motifs (C(OH)–C–C–N with tert-alkyl or cyclic N) is 1. The zero-order valence-corrected chi connectivity index (χ0v) is 23.6. The van der Waals surface area contributed by atoms with Gasteiger partial charge in [-0.15, -0.1) is 0 Å². The van der Waals surface area contributed by atoms with Gasteiger partial charge in [0, 0.05) is 36.3 Å². The third kappa shape index (κ3) is 6.68. The highest BCUT2D eigenvalue weighted by Gasteiger charge is 2.29. The lowest BCUT2D eigenvalue weighted by Gasteiger charge is -2.35. The SMILES string of the molecule is Cc1cc(=O)n(-c2ccc(S(C)(=O)=O)cc2)nc1C(=O)Nc1ccc(Oc2ccnc(NC(=O)N3CC(O)C3)c2)c(F)c1. The third-order valence-electron chi connectivity index (χ3n) is 6.38. The Morgan fingerprint density at radius 3 is 2.42 bits per heavy atom. The summed E-state index contributed by atoms with van der Waals surface area (Å²) in [5, 5.41) is 18.6. The van der Waals surface area contributed by atoms with E-state index < -0.39 is 39.3 Å². The molecule has 13 nitrogen and oxygen atoms in total. The highest BCUT2D eigenvalue weighted by molar-refractivity contribution is 7.90. The van der Waals surface area contributed by atoms with Gasteiger partial charge in [0.05, 0.1) is 29.8 Å². The Labute approximate surface area is 244 Å². The third-order valence-corrected chi connectivity index (χ3v) is 7.51. The molecule has 5 rings (SSSR count). The van der Waals surface area contributed by atoms with Crippen LogP contribution in [0.4, 0.5) is 20.7 Å². The van der Waals surface area contributed by atoms with Crippen LogP contribution in [0.5, 0.6) is 11.5 Å². The Kier molecular flexibility index (Phi) is 7.93. The van der Waals surface area contributed by atoms with Crippen molar-refractivity contribution in [3.05, 3.63) is 94.3 Å². The monoisotopic (exact) mass is 608 g/mol. The second kappa shape index (κ2) is 11.6. The Balaban J connectivity index is 1.29. The molecule has 0 unspecified atom stereocenters. The molecule has 15 heteroatoms. The maximum atomic E-state index is 14.9. The number of hydrogen-bond donors (Lipinski definition) is 3. The molecule has 3 N–H and O–H groups in total. The van der Waals surface area contributed by atoms with Gasteiger partial charge in [-0.2, -0.15) is 9.78 Å². The fraction of sp³-hybridized carbons (Fsp3) is 0.179. The van der Waals surface area contributed by atoms with Gasteiger partial charge in [0.2, 0.25) is 0 Å². The number of benzene rings is 2. The van der Waals surface area contributed by atoms with Crippen LogP contribution in [0.15, 0.2) is 76.6 Å². The van der Waals surface area contributed by atoms with Crippen LogP contribution in [0, 0.1) is 12.7 Å². The number of carbonyl (C=O) groups excluding carboxylic acids is 2. The number of ether oxygens (including phenoxy) is 1. The number of anilines is 2. The van der Waals surface area contributed by atoms with E-state index in [9.17, 15) is 32.3 Å². The summed E-state index contributed by atoms with van der Waals surface area (Å²) in [6.07, 6.45) is 1.88. The highest BCUT2D eigenvalue weighted by Crippen LogP contribution is 2.28. The Morgan fingerprint density at radius 2 is 1.77 bits per heavy atom. The summed E-state index contributed by atoms with van der Waals surface area (Å²) in [5.41, 5.74) is -0.0285. The number of nitrogens with zero attached hydrogens (tertiary/aromatic N) is 4. The molecule has 222 valence electrons. The van der Waals surface area contributed by atoms with E-state index in [1.165, 1.54) is 72.6 Å². The molecule has 4 aromatic rings. The topological polar surface area (TPSA) is 173 Å². The van der Waals surface area contributed by atoms with Gasteiger partial charge in [-0.25, -0.2) is 22.6 Å². The number of aryl methyl sites for hydroxylation is 1. The summed E-state index contributed by atoms with van der Waals surface area (Å²) in [4.78, 5) is 43.3. The smallest absolute Gasteiger partial charge is 0.323 e. The number of aliphatic hydroxyl groups excluding tert-OH is 1. The van der Waals surface area contributed by atoms with Gasteiger partial charge in [-0.1, -0.05) is 0 Å². The summed E-state index contributed by atoms with van der Waals surface area (Å²) >= 11 is 0. The highest BCUT2D eigenvalue weighted by atomic mass is 32.2. The first kappa shape index (κ1) is 29.3. The second-order valence-corrected chi connectivity index (χ2v) is 11.8. The minimum absolute atomic E-state index is 0.0589. The van der Waals surface area contributed by atoms with E-state index in [1.54, 1.807) is 0 Å². The number of pyridine rings is 1. The standard InChI is InChI=1S/C28H25FN6O7S/c1-16-11-25(37)35(18-4-6-21(7-5-18)43(2,40)41)33-26(16)27(38)31-17-3-8-23(22(29)12-17)42-20-9-10-30-24(13-20)32-28(39)34-14-19(36)15-34/h3-13,19,36H,14-15H2,1-2H3,(H,31,38)(H,30,32,39). The normalized spacial score (nSPS) is 13.3. The Bertz CT molecular complexity index is 1890. The van der Waals surface area contributed by atoms with Crippen molar-refractivity contribution >= 4 is 33.3 Å². The number of amides is 3. The van der Waals surface area contributed by atoms with Crippen LogP contribution in [-0.2, 0) is 9.84 Å². The predicted molar refractivity (Wildman–Crippen MR) is 153 cm³/mol. The molecule has 1 aliphatic heterocycles. The van der Waals surface area contributed by atoms with Crippen molar-refractivity contribution < 1.29 is 32.2 Å². The summed E-state index contributed by atoms with van der Waals surface area (Å²) in [6, 6.07) is 12.8. The van der Waals surface area contributed by atoms with Crippen molar-refractivity contribution in [3.8, 4) is 17.2 Å². The van der Waals surface area contributed by atoms with E-state index in [-0.39, 0.29) is 57.9 Å². The minimum Gasteiger partial charge on any atom is -0.454 e. The van der Waals surface area contributed by atoms with Crippen molar-refractivity contribution in [2.75, 3.05) is 30.0 Å². The number of likely N-dealkylation sites (tertiary alicyclic amines) is 1. The van der Waals surface area contributed by atoms with E-state index in [2.05, 4.69) is 20.7 Å². The number of carbonyl (C=O) groups is 2. The molecule has 1 aliphatic rings. The number of aromatic nitrogens is 3. The first-order valence-corrected chi connectivity index (χ1v) is 14.7. The minimum atomic E-state index is -3.45. The van der Waals surface area contributed by atoms with Crippen LogP contribution >= 0.6 is 0 Å². The molecule has 0 spiro atoms. The van der Waals surface area contributed by atoms with Gasteiger partial charge in [0.1, 0.15) is 11.6 Å². The molecule has 2 aromatic heterocycles. The zero-order valence-electron chi connectivity index (χ0n) is 22.8. The van der Waals surface area contributed by atoms with Crippen LogP contribution in [0.25, 0.3) is 5.69 Å². The maximum absolute atomic E-state index is 14.9. The first-order valence-electron chi connectivity index (χ1n) is 12.8. The molecule has 0 atom stereocenters. The first-order chi connectivity index (χ1) is 20.4. The van der Waals surface area contributed by atoms with Crippen molar-refractivity contribution in [2.24, 2.45) is 0 Å². The number of nitrogens with one attached hydrogen (secondary N) is 2. The summed E-state index contributed by atoms with van der Waals surface area (Å²) in [6.45, 7) is 1.96. The summed E-state index contributed by atoms with van der Waals surface area (Å²) in [7, 11) is -3.45. The van der Waals surface area contributed by atoms with Crippen LogP contribution in [-0.4, -0.2) is 70.6 Å². The zero-order chi connectivity index (χ0) is 30.9. The number of rotatable bonds is 7. The van der Waals surface area contributed by atoms with Crippen LogP contribution in [0.2, 0.25) is 0 Å². The summed E-state index contributed by atoms with van der Waals surface area (Å²) < 4.78 is 45.0. The second-order valence-electron chi connectivity index (χ2n) is 9.76. The van der Waals surface area contributed by atoms with E-state index in [0.717, 1.165) is 17.0 Å². The number of halogens is 1. The average molecular weight is 609 g/mol. The molecule has 3 amide bonds. The van der Waals surface area contributed by atoms with Crippen molar-refractivity contribution in [3.63, 3.8) is 0 Å². The van der Waals surface area contributed by atoms with E-state index >= 15 is 0 Å². The molecular formula is C28H25FN6O7S. The molecule has 0 bridgehead atoms. The molecule has 0 saturated carbocycles. The molecule has 0 aliphatic carbocycles. The van der Waals surface area contributed by atoms with Gasteiger partial charge in [0.25, 0.3) is 11.5 Å². The number of urea groups is 1. The predicted octanol–water partition coefficient (Wildman–Crippen LogP) is 2.73. The van der Waals surface area contributed by atoms with Crippen molar-refractivity contribution in [2.45, 2.75) is 17.9 Å². The van der Waals surface area contributed by atoms with E-state index in [4.69, 9.17) is 4.74 Å². The molecule has 3 heterocycles. The molecule has 43 heavy (non-hydrogen) atoms. The van der Waals surface area contributed by atoms with Crippen LogP contribution in [0.3, 0.4) is 0 Å². The van der Waals surface area contributed by atoms with E-state index in [0.29, 0.717) is 0 Å². The van der Waals surface area contributed by atoms with E-state index in [1.807, 2.05) is 0 Å². The molecule has 0 radical (unpaired) electrons. The van der Waals surface area contributed by atoms with Crippen LogP contribution in [0.1, 0.15) is 16.1 Å². The Morgan fingerprint density at radius 1 is 1.05 bits per heavy atom. The maximum Gasteiger partial charge on any atom is 0.323 e. The fourth-order valence-electron chi connectivity index (χ4n) is 4.12. The lowest BCUT2D eigenvalue weighted by molar-refractivity contribution is 0.0308. The molecule has 2 aromatic carbocycles. The number of sulfone groups is 1. The molecule has 1 saturated heterocycles. The molecule has 1 fully saturated rings. The van der Waals surface area contributed by atoms with Gasteiger partial charge in [-0.05, 0) is 55.0 Å². The van der Waals surface area contributed by atoms with Crippen LogP contribution < -0.4 is 20.9 Å². The quantitative estimate of drug-likeness (QED) is 0.285. The van der Waals surface area contributed by atoms with Crippen molar-refractivity contribution in [1.29, 1.82) is 0 Å². The van der Waals surface area contributed by atoms with Gasteiger partial charge >= 0.3 is 6.03 Å². The summed E-state index contributed by atoms with van der Waals surface area (Å²) in [5.74, 6) is -1.31. The van der Waals surface area contributed by atoms with Gasteiger partial charge in [-0.3, -0.25) is 14.9 Å². The number of aliphatic hydroxyl groups is 1.